The molecule has 1 heterocycles. The first kappa shape index (κ1) is 9.51. The zero-order chi connectivity index (χ0) is 11.0. The maximum absolute atomic E-state index is 11.2. The second kappa shape index (κ2) is 3.27. The van der Waals surface area contributed by atoms with Crippen LogP contribution in [-0.2, 0) is 0 Å². The highest BCUT2D eigenvalue weighted by Gasteiger charge is 2.25. The van der Waals surface area contributed by atoms with Crippen molar-refractivity contribution in [3.63, 3.8) is 0 Å². The van der Waals surface area contributed by atoms with Gasteiger partial charge in [-0.15, -0.1) is 0 Å². The molecule has 1 aliphatic heterocycles. The highest BCUT2D eigenvalue weighted by atomic mass is 16.7. The van der Waals surface area contributed by atoms with Gasteiger partial charge in [0.2, 0.25) is 6.79 Å². The van der Waals surface area contributed by atoms with Crippen LogP contribution in [0.3, 0.4) is 0 Å². The van der Waals surface area contributed by atoms with Crippen LogP contribution >= 0.6 is 0 Å². The predicted molar refractivity (Wildman–Crippen MR) is 49.6 cm³/mol. The molecule has 0 bridgehead atoms. The molecule has 0 saturated carbocycles. The van der Waals surface area contributed by atoms with Gasteiger partial charge < -0.3 is 14.6 Å². The Labute approximate surface area is 85.2 Å². The van der Waals surface area contributed by atoms with Gasteiger partial charge in [0.15, 0.2) is 23.6 Å². The van der Waals surface area contributed by atoms with Crippen LogP contribution in [0.4, 0.5) is 0 Å². The number of aromatic hydroxyl groups is 1. The Hall–Kier alpha value is -2.04. The summed E-state index contributed by atoms with van der Waals surface area (Å²) in [5, 5.41) is 9.64. The molecular formula is C10H8O5. The Bertz CT molecular complexity index is 450. The number of carbonyl (C=O) groups is 2. The number of phenols is 1. The molecule has 1 aromatic carbocycles. The zero-order valence-electron chi connectivity index (χ0n) is 7.94. The number of rotatable bonds is 2. The lowest BCUT2D eigenvalue weighted by molar-refractivity contribution is 0.101. The Morgan fingerprint density at radius 1 is 1.53 bits per heavy atom. The van der Waals surface area contributed by atoms with E-state index in [2.05, 4.69) is 0 Å². The van der Waals surface area contributed by atoms with Crippen molar-refractivity contribution in [2.75, 3.05) is 6.79 Å². The van der Waals surface area contributed by atoms with Gasteiger partial charge in [0, 0.05) is 0 Å². The summed E-state index contributed by atoms with van der Waals surface area (Å²) in [5.41, 5.74) is 0.0107. The van der Waals surface area contributed by atoms with Crippen LogP contribution in [0.2, 0.25) is 0 Å². The van der Waals surface area contributed by atoms with Crippen molar-refractivity contribution in [2.24, 2.45) is 0 Å². The molecule has 78 valence electrons. The number of aldehydes is 1. The summed E-state index contributed by atoms with van der Waals surface area (Å²) in [4.78, 5) is 21.9. The molecule has 1 aromatic rings. The minimum atomic E-state index is -0.359. The number of carbonyl (C=O) groups excluding carboxylic acids is 2. The predicted octanol–water partition coefficient (Wildman–Crippen LogP) is 1.14. The van der Waals surface area contributed by atoms with Gasteiger partial charge in [-0.3, -0.25) is 9.59 Å². The molecule has 2 rings (SSSR count). The van der Waals surface area contributed by atoms with E-state index in [0.29, 0.717) is 12.0 Å². The lowest BCUT2D eigenvalue weighted by Crippen LogP contribution is -1.97. The maximum atomic E-state index is 11.2. The topological polar surface area (TPSA) is 72.8 Å². The van der Waals surface area contributed by atoms with Crippen LogP contribution in [-0.4, -0.2) is 24.0 Å². The normalized spacial score (nSPS) is 12.6. The van der Waals surface area contributed by atoms with Gasteiger partial charge in [-0.05, 0) is 13.0 Å². The van der Waals surface area contributed by atoms with E-state index in [1.165, 1.54) is 13.0 Å². The van der Waals surface area contributed by atoms with Crippen LogP contribution in [0.5, 0.6) is 17.2 Å². The van der Waals surface area contributed by atoms with Crippen molar-refractivity contribution >= 4 is 12.1 Å². The van der Waals surface area contributed by atoms with Crippen molar-refractivity contribution in [3.05, 3.63) is 17.2 Å². The number of phenolic OH excluding ortho intramolecular Hbond substituents is 1. The fraction of sp³-hybridized carbons (Fsp3) is 0.200. The first-order valence-corrected chi connectivity index (χ1v) is 4.27. The molecular weight excluding hydrogens is 200 g/mol. The largest absolute Gasteiger partial charge is 0.506 e. The summed E-state index contributed by atoms with van der Waals surface area (Å²) < 4.78 is 10.1. The third-order valence-electron chi connectivity index (χ3n) is 2.17. The van der Waals surface area contributed by atoms with Gasteiger partial charge in [-0.25, -0.2) is 0 Å². The van der Waals surface area contributed by atoms with Crippen LogP contribution in [0.25, 0.3) is 0 Å². The third-order valence-corrected chi connectivity index (χ3v) is 2.17. The Kier molecular flexibility index (Phi) is 2.07. The third kappa shape index (κ3) is 1.32. The van der Waals surface area contributed by atoms with E-state index < -0.39 is 0 Å². The van der Waals surface area contributed by atoms with Crippen molar-refractivity contribution in [1.82, 2.24) is 0 Å². The molecule has 0 spiro atoms. The Morgan fingerprint density at radius 3 is 2.87 bits per heavy atom. The van der Waals surface area contributed by atoms with Crippen LogP contribution < -0.4 is 9.47 Å². The van der Waals surface area contributed by atoms with Crippen molar-refractivity contribution in [3.8, 4) is 17.2 Å². The lowest BCUT2D eigenvalue weighted by Gasteiger charge is -2.06. The summed E-state index contributed by atoms with van der Waals surface area (Å²) >= 11 is 0. The van der Waals surface area contributed by atoms with Crippen LogP contribution in [0.1, 0.15) is 27.6 Å². The average Bonchev–Trinajstić information content (AvgIpc) is 2.64. The minimum Gasteiger partial charge on any atom is -0.506 e. The highest BCUT2D eigenvalue weighted by molar-refractivity contribution is 6.01. The smallest absolute Gasteiger partial charge is 0.231 e. The molecule has 1 N–H and O–H groups in total. The van der Waals surface area contributed by atoms with Gasteiger partial charge in [0.1, 0.15) is 11.3 Å². The zero-order valence-corrected chi connectivity index (χ0v) is 7.94. The fourth-order valence-electron chi connectivity index (χ4n) is 1.44. The number of benzene rings is 1. The number of hydrogen-bond donors (Lipinski definition) is 1. The monoisotopic (exact) mass is 208 g/mol. The molecule has 1 aliphatic rings. The van der Waals surface area contributed by atoms with E-state index >= 15 is 0 Å². The minimum absolute atomic E-state index is 0.0169. The van der Waals surface area contributed by atoms with E-state index in [4.69, 9.17) is 9.47 Å². The van der Waals surface area contributed by atoms with Crippen molar-refractivity contribution in [1.29, 1.82) is 0 Å². The SMILES string of the molecule is CC(=O)c1cc2c(c(C=O)c1O)OCO2. The first-order chi connectivity index (χ1) is 7.15. The molecule has 0 aromatic heterocycles. The van der Waals surface area contributed by atoms with Gasteiger partial charge in [-0.1, -0.05) is 0 Å². The number of ether oxygens (including phenoxy) is 2. The summed E-state index contributed by atoms with van der Waals surface area (Å²) in [6.45, 7) is 1.28. The lowest BCUT2D eigenvalue weighted by atomic mass is 10.0. The number of fused-ring (bicyclic) bond motifs is 1. The van der Waals surface area contributed by atoms with E-state index in [0.717, 1.165) is 0 Å². The second-order valence-electron chi connectivity index (χ2n) is 3.09. The van der Waals surface area contributed by atoms with Gasteiger partial charge in [0.05, 0.1) is 5.56 Å². The Morgan fingerprint density at radius 2 is 2.27 bits per heavy atom. The van der Waals surface area contributed by atoms with E-state index in [9.17, 15) is 14.7 Å². The standard InChI is InChI=1S/C10H8O5/c1-5(12)6-2-8-10(15-4-14-8)7(3-11)9(6)13/h2-3,13H,4H2,1H3. The Balaban J connectivity index is 2.72. The molecule has 0 radical (unpaired) electrons. The van der Waals surface area contributed by atoms with Gasteiger partial charge in [-0.2, -0.15) is 0 Å². The molecule has 5 heteroatoms. The molecule has 0 atom stereocenters. The molecule has 0 amide bonds. The van der Waals surface area contributed by atoms with Crippen LogP contribution in [0, 0.1) is 0 Å². The molecule has 0 unspecified atom stereocenters. The molecule has 5 nitrogen and oxygen atoms in total. The fourth-order valence-corrected chi connectivity index (χ4v) is 1.44. The maximum Gasteiger partial charge on any atom is 0.231 e. The van der Waals surface area contributed by atoms with E-state index in [-0.39, 0.29) is 35.2 Å². The molecule has 15 heavy (non-hydrogen) atoms. The molecule has 0 saturated heterocycles. The summed E-state index contributed by atoms with van der Waals surface area (Å²) in [6, 6.07) is 1.37. The molecule has 0 aliphatic carbocycles. The number of ketones is 1. The van der Waals surface area contributed by atoms with Gasteiger partial charge in [0.25, 0.3) is 0 Å². The van der Waals surface area contributed by atoms with Gasteiger partial charge >= 0.3 is 0 Å². The summed E-state index contributed by atoms with van der Waals surface area (Å²) in [7, 11) is 0. The van der Waals surface area contributed by atoms with E-state index in [1.807, 2.05) is 0 Å². The number of Topliss-reactive ketones (excluding diaryl/α,β-unsaturated/α-hetero) is 1. The summed E-state index contributed by atoms with van der Waals surface area (Å²) in [6.07, 6.45) is 0.440. The average molecular weight is 208 g/mol. The van der Waals surface area contributed by atoms with Crippen molar-refractivity contribution in [2.45, 2.75) is 6.92 Å². The first-order valence-electron chi connectivity index (χ1n) is 4.27. The molecule has 0 fully saturated rings. The second-order valence-corrected chi connectivity index (χ2v) is 3.09. The quantitative estimate of drug-likeness (QED) is 0.582. The summed E-state index contributed by atoms with van der Waals surface area (Å²) in [5.74, 6) is -0.205. The van der Waals surface area contributed by atoms with Crippen LogP contribution in [0.15, 0.2) is 6.07 Å². The number of hydrogen-bond acceptors (Lipinski definition) is 5. The van der Waals surface area contributed by atoms with Crippen molar-refractivity contribution < 1.29 is 24.2 Å². The highest BCUT2D eigenvalue weighted by Crippen LogP contribution is 2.41. The van der Waals surface area contributed by atoms with E-state index in [1.54, 1.807) is 0 Å².